The van der Waals surface area contributed by atoms with Crippen LogP contribution in [0.5, 0.6) is 0 Å². The summed E-state index contributed by atoms with van der Waals surface area (Å²) in [5.74, 6) is -2.33. The molecular weight excluding hydrogens is 304 g/mol. The fraction of sp³-hybridized carbons (Fsp3) is 0.0714. The lowest BCUT2D eigenvalue weighted by molar-refractivity contribution is 0.102. The maximum atomic E-state index is 13.5. The van der Waals surface area contributed by atoms with Crippen LogP contribution in [0.15, 0.2) is 41.3 Å². The molecule has 0 saturated carbocycles. The number of hydrogen-bond acceptors (Lipinski definition) is 2. The quantitative estimate of drug-likeness (QED) is 0.840. The van der Waals surface area contributed by atoms with Crippen molar-refractivity contribution in [2.45, 2.75) is 4.90 Å². The molecule has 104 valence electrons. The molecule has 0 aliphatic carbocycles. The molecule has 20 heavy (non-hydrogen) atoms. The zero-order valence-electron chi connectivity index (χ0n) is 10.4. The van der Waals surface area contributed by atoms with Crippen LogP contribution in [0.25, 0.3) is 0 Å². The molecule has 0 fully saturated rings. The van der Waals surface area contributed by atoms with Gasteiger partial charge in [-0.2, -0.15) is 0 Å². The number of rotatable bonds is 3. The molecule has 0 unspecified atom stereocenters. The van der Waals surface area contributed by atoms with Gasteiger partial charge in [-0.05, 0) is 36.6 Å². The van der Waals surface area contributed by atoms with E-state index in [0.29, 0.717) is 0 Å². The van der Waals surface area contributed by atoms with E-state index in [4.69, 9.17) is 11.6 Å². The van der Waals surface area contributed by atoms with Crippen molar-refractivity contribution in [2.24, 2.45) is 0 Å². The highest BCUT2D eigenvalue weighted by atomic mass is 35.5. The first-order valence-corrected chi connectivity index (χ1v) is 7.22. The van der Waals surface area contributed by atoms with Gasteiger partial charge in [0, 0.05) is 4.90 Å². The molecule has 6 heteroatoms. The van der Waals surface area contributed by atoms with Gasteiger partial charge >= 0.3 is 0 Å². The second kappa shape index (κ2) is 6.24. The molecule has 0 aliphatic rings. The monoisotopic (exact) mass is 313 g/mol. The van der Waals surface area contributed by atoms with Crippen LogP contribution in [-0.2, 0) is 0 Å². The number of halogens is 3. The zero-order chi connectivity index (χ0) is 14.7. The van der Waals surface area contributed by atoms with Crippen LogP contribution in [0.3, 0.4) is 0 Å². The largest absolute Gasteiger partial charge is 0.317 e. The highest BCUT2D eigenvalue weighted by Gasteiger charge is 2.16. The standard InChI is InChI=1S/C14H10ClF2NOS/c1-20-8-5-6-10(15)9(7-8)14(19)18-13-11(16)3-2-4-12(13)17/h2-7H,1H3,(H,18,19). The van der Waals surface area contributed by atoms with Crippen LogP contribution in [0.1, 0.15) is 10.4 Å². The minimum Gasteiger partial charge on any atom is -0.317 e. The Labute approximate surface area is 124 Å². The van der Waals surface area contributed by atoms with E-state index in [1.165, 1.54) is 17.8 Å². The van der Waals surface area contributed by atoms with Crippen LogP contribution < -0.4 is 5.32 Å². The molecule has 0 bridgehead atoms. The van der Waals surface area contributed by atoms with E-state index in [-0.39, 0.29) is 10.6 Å². The Morgan fingerprint density at radius 1 is 1.20 bits per heavy atom. The number of carbonyl (C=O) groups is 1. The molecule has 0 atom stereocenters. The number of amides is 1. The lowest BCUT2D eigenvalue weighted by atomic mass is 10.2. The van der Waals surface area contributed by atoms with E-state index in [9.17, 15) is 13.6 Å². The first-order valence-electron chi connectivity index (χ1n) is 5.62. The first-order chi connectivity index (χ1) is 9.52. The van der Waals surface area contributed by atoms with Gasteiger partial charge in [0.1, 0.15) is 17.3 Å². The van der Waals surface area contributed by atoms with Gasteiger partial charge in [-0.3, -0.25) is 4.79 Å². The molecule has 2 aromatic rings. The summed E-state index contributed by atoms with van der Waals surface area (Å²) in [4.78, 5) is 12.9. The maximum Gasteiger partial charge on any atom is 0.257 e. The molecule has 2 rings (SSSR count). The normalized spacial score (nSPS) is 10.4. The summed E-state index contributed by atoms with van der Waals surface area (Å²) in [6, 6.07) is 8.26. The molecule has 0 radical (unpaired) electrons. The summed E-state index contributed by atoms with van der Waals surface area (Å²) in [5, 5.41) is 2.42. The minimum atomic E-state index is -0.838. The van der Waals surface area contributed by atoms with Crippen molar-refractivity contribution in [3.8, 4) is 0 Å². The smallest absolute Gasteiger partial charge is 0.257 e. The summed E-state index contributed by atoms with van der Waals surface area (Å²) < 4.78 is 27.0. The fourth-order valence-electron chi connectivity index (χ4n) is 1.60. The minimum absolute atomic E-state index is 0.168. The molecule has 1 amide bonds. The predicted molar refractivity (Wildman–Crippen MR) is 77.5 cm³/mol. The van der Waals surface area contributed by atoms with Gasteiger partial charge in [-0.25, -0.2) is 8.78 Å². The maximum absolute atomic E-state index is 13.5. The zero-order valence-corrected chi connectivity index (χ0v) is 12.0. The number of carbonyl (C=O) groups excluding carboxylic acids is 1. The summed E-state index contributed by atoms with van der Waals surface area (Å²) >= 11 is 7.37. The van der Waals surface area contributed by atoms with Crippen molar-refractivity contribution in [3.63, 3.8) is 0 Å². The Bertz CT molecular complexity index is 643. The molecule has 2 aromatic carbocycles. The Kier molecular flexibility index (Phi) is 4.62. The van der Waals surface area contributed by atoms with Crippen molar-refractivity contribution in [3.05, 3.63) is 58.6 Å². The highest BCUT2D eigenvalue weighted by Crippen LogP contribution is 2.25. The van der Waals surface area contributed by atoms with E-state index in [0.717, 1.165) is 17.0 Å². The third kappa shape index (κ3) is 3.11. The van der Waals surface area contributed by atoms with Gasteiger partial charge in [0.05, 0.1) is 10.6 Å². The van der Waals surface area contributed by atoms with Gasteiger partial charge in [-0.15, -0.1) is 11.8 Å². The summed E-state index contributed by atoms with van der Waals surface area (Å²) in [6.07, 6.45) is 1.85. The highest BCUT2D eigenvalue weighted by molar-refractivity contribution is 7.98. The van der Waals surface area contributed by atoms with E-state index in [1.54, 1.807) is 18.2 Å². The van der Waals surface area contributed by atoms with Crippen LogP contribution in [0, 0.1) is 11.6 Å². The number of thioether (sulfide) groups is 1. The molecule has 2 nitrogen and oxygen atoms in total. The molecule has 0 saturated heterocycles. The van der Waals surface area contributed by atoms with Gasteiger partial charge in [0.15, 0.2) is 0 Å². The number of para-hydroxylation sites is 1. The molecule has 0 spiro atoms. The Balaban J connectivity index is 2.33. The van der Waals surface area contributed by atoms with Crippen LogP contribution >= 0.6 is 23.4 Å². The third-order valence-electron chi connectivity index (χ3n) is 2.62. The average molecular weight is 314 g/mol. The van der Waals surface area contributed by atoms with Gasteiger partial charge in [0.2, 0.25) is 0 Å². The number of benzene rings is 2. The summed E-state index contributed by atoms with van der Waals surface area (Å²) in [6.45, 7) is 0. The predicted octanol–water partition coefficient (Wildman–Crippen LogP) is 4.59. The van der Waals surface area contributed by atoms with Crippen LogP contribution in [0.4, 0.5) is 14.5 Å². The summed E-state index contributed by atoms with van der Waals surface area (Å²) in [7, 11) is 0. The van der Waals surface area contributed by atoms with E-state index >= 15 is 0 Å². The van der Waals surface area contributed by atoms with Crippen LogP contribution in [-0.4, -0.2) is 12.2 Å². The Hall–Kier alpha value is -1.59. The second-order valence-electron chi connectivity index (χ2n) is 3.90. The van der Waals surface area contributed by atoms with Crippen molar-refractivity contribution in [2.75, 3.05) is 11.6 Å². The molecule has 1 N–H and O–H groups in total. The average Bonchev–Trinajstić information content (AvgIpc) is 2.43. The summed E-state index contributed by atoms with van der Waals surface area (Å²) in [5.41, 5.74) is -0.315. The topological polar surface area (TPSA) is 29.1 Å². The van der Waals surface area contributed by atoms with E-state index in [1.807, 2.05) is 6.26 Å². The van der Waals surface area contributed by atoms with Crippen molar-refractivity contribution in [1.29, 1.82) is 0 Å². The Morgan fingerprint density at radius 3 is 2.45 bits per heavy atom. The Morgan fingerprint density at radius 2 is 1.85 bits per heavy atom. The van der Waals surface area contributed by atoms with E-state index in [2.05, 4.69) is 5.32 Å². The van der Waals surface area contributed by atoms with Gasteiger partial charge < -0.3 is 5.32 Å². The van der Waals surface area contributed by atoms with Crippen molar-refractivity contribution < 1.29 is 13.6 Å². The molecule has 0 heterocycles. The number of hydrogen-bond donors (Lipinski definition) is 1. The third-order valence-corrected chi connectivity index (χ3v) is 3.67. The van der Waals surface area contributed by atoms with E-state index < -0.39 is 23.2 Å². The first kappa shape index (κ1) is 14.8. The van der Waals surface area contributed by atoms with Gasteiger partial charge in [-0.1, -0.05) is 17.7 Å². The number of anilines is 1. The molecular formula is C14H10ClF2NOS. The second-order valence-corrected chi connectivity index (χ2v) is 5.18. The van der Waals surface area contributed by atoms with Gasteiger partial charge in [0.25, 0.3) is 5.91 Å². The lowest BCUT2D eigenvalue weighted by Gasteiger charge is -2.09. The van der Waals surface area contributed by atoms with Crippen molar-refractivity contribution in [1.82, 2.24) is 0 Å². The SMILES string of the molecule is CSc1ccc(Cl)c(C(=O)Nc2c(F)cccc2F)c1. The van der Waals surface area contributed by atoms with Crippen molar-refractivity contribution >= 4 is 35.0 Å². The molecule has 0 aliphatic heterocycles. The number of nitrogens with one attached hydrogen (secondary N) is 1. The molecule has 0 aromatic heterocycles. The fourth-order valence-corrected chi connectivity index (χ4v) is 2.25. The lowest BCUT2D eigenvalue weighted by Crippen LogP contribution is -2.15. The van der Waals surface area contributed by atoms with Crippen LogP contribution in [0.2, 0.25) is 5.02 Å².